The molecule has 0 saturated carbocycles. The Morgan fingerprint density at radius 3 is 3.06 bits per heavy atom. The molecule has 6 nitrogen and oxygen atoms in total. The van der Waals surface area contributed by atoms with Gasteiger partial charge in [-0.05, 0) is 12.1 Å². The monoisotopic (exact) mass is 221 g/mol. The summed E-state index contributed by atoms with van der Waals surface area (Å²) in [6.07, 6.45) is 3.56. The van der Waals surface area contributed by atoms with Crippen LogP contribution in [0.2, 0.25) is 0 Å². The van der Waals surface area contributed by atoms with Gasteiger partial charge in [0.15, 0.2) is 5.88 Å². The molecule has 2 heterocycles. The summed E-state index contributed by atoms with van der Waals surface area (Å²) < 4.78 is 6.80. The number of furan rings is 1. The summed E-state index contributed by atoms with van der Waals surface area (Å²) in [5.74, 6) is -0.689. The minimum absolute atomic E-state index is 0.0680. The number of hydrogen-bond acceptors (Lipinski definition) is 4. The molecule has 0 aliphatic heterocycles. The lowest BCUT2D eigenvalue weighted by atomic mass is 10.4. The first kappa shape index (κ1) is 10.3. The quantitative estimate of drug-likeness (QED) is 0.795. The van der Waals surface area contributed by atoms with Crippen molar-refractivity contribution in [3.63, 3.8) is 0 Å². The maximum absolute atomic E-state index is 10.5. The third-order valence-corrected chi connectivity index (χ3v) is 2.02. The number of aromatic nitrogens is 2. The fraction of sp³-hybridized carbons (Fsp3) is 0.200. The largest absolute Gasteiger partial charge is 0.475 e. The number of carbonyl (C=O) groups is 1. The first-order valence-corrected chi connectivity index (χ1v) is 4.80. The van der Waals surface area contributed by atoms with E-state index in [-0.39, 0.29) is 5.76 Å². The van der Waals surface area contributed by atoms with Crippen molar-refractivity contribution >= 4 is 11.9 Å². The molecule has 6 heteroatoms. The van der Waals surface area contributed by atoms with Crippen LogP contribution >= 0.6 is 0 Å². The summed E-state index contributed by atoms with van der Waals surface area (Å²) in [5, 5.41) is 15.6. The van der Waals surface area contributed by atoms with Crippen LogP contribution in [-0.4, -0.2) is 27.4 Å². The lowest BCUT2D eigenvalue weighted by Gasteiger charge is -2.02. The van der Waals surface area contributed by atoms with E-state index in [9.17, 15) is 4.79 Å². The topological polar surface area (TPSA) is 80.3 Å². The maximum atomic E-state index is 10.5. The number of carboxylic acids is 1. The molecular weight excluding hydrogens is 210 g/mol. The molecule has 0 aliphatic rings. The average molecular weight is 221 g/mol. The standard InChI is InChI=1S/C10H11N3O3/c14-10(15)8-2-3-9(16-8)11-5-7-13-6-1-4-12-13/h1-4,6,11H,5,7H2,(H,14,15). The van der Waals surface area contributed by atoms with Gasteiger partial charge in [0.1, 0.15) is 0 Å². The number of nitrogens with one attached hydrogen (secondary N) is 1. The van der Waals surface area contributed by atoms with Crippen LogP contribution < -0.4 is 5.32 Å². The van der Waals surface area contributed by atoms with Crippen LogP contribution in [0, 0.1) is 0 Å². The van der Waals surface area contributed by atoms with Crippen molar-refractivity contribution in [2.75, 3.05) is 11.9 Å². The third kappa shape index (κ3) is 2.41. The van der Waals surface area contributed by atoms with E-state index in [1.54, 1.807) is 16.9 Å². The number of hydrogen-bond donors (Lipinski definition) is 2. The molecule has 2 aromatic heterocycles. The molecule has 0 unspecified atom stereocenters. The van der Waals surface area contributed by atoms with Crippen molar-refractivity contribution in [2.45, 2.75) is 6.54 Å². The molecule has 0 aliphatic carbocycles. The van der Waals surface area contributed by atoms with E-state index in [1.807, 2.05) is 12.3 Å². The van der Waals surface area contributed by atoms with Gasteiger partial charge in [0.05, 0.1) is 6.54 Å². The van der Waals surface area contributed by atoms with Crippen LogP contribution in [0.25, 0.3) is 0 Å². The number of nitrogens with zero attached hydrogens (tertiary/aromatic N) is 2. The molecule has 0 atom stereocenters. The van der Waals surface area contributed by atoms with Crippen molar-refractivity contribution in [1.29, 1.82) is 0 Å². The highest BCUT2D eigenvalue weighted by Crippen LogP contribution is 2.12. The summed E-state index contributed by atoms with van der Waals surface area (Å²) >= 11 is 0. The van der Waals surface area contributed by atoms with E-state index in [4.69, 9.17) is 9.52 Å². The molecule has 2 rings (SSSR count). The lowest BCUT2D eigenvalue weighted by Crippen LogP contribution is -2.10. The fourth-order valence-electron chi connectivity index (χ4n) is 1.27. The second-order valence-electron chi connectivity index (χ2n) is 3.16. The Kier molecular flexibility index (Phi) is 2.90. The first-order chi connectivity index (χ1) is 7.75. The van der Waals surface area contributed by atoms with Gasteiger partial charge >= 0.3 is 5.97 Å². The van der Waals surface area contributed by atoms with Crippen molar-refractivity contribution < 1.29 is 14.3 Å². The number of anilines is 1. The molecule has 0 radical (unpaired) electrons. The van der Waals surface area contributed by atoms with E-state index in [0.29, 0.717) is 19.0 Å². The second kappa shape index (κ2) is 4.52. The van der Waals surface area contributed by atoms with E-state index in [1.165, 1.54) is 6.07 Å². The van der Waals surface area contributed by atoms with Gasteiger partial charge in [0.2, 0.25) is 5.76 Å². The first-order valence-electron chi connectivity index (χ1n) is 4.80. The Morgan fingerprint density at radius 2 is 2.44 bits per heavy atom. The Bertz CT molecular complexity index is 461. The zero-order chi connectivity index (χ0) is 11.4. The Labute approximate surface area is 91.5 Å². The molecule has 84 valence electrons. The molecule has 0 saturated heterocycles. The molecule has 0 amide bonds. The summed E-state index contributed by atoms with van der Waals surface area (Å²) in [7, 11) is 0. The fourth-order valence-corrected chi connectivity index (χ4v) is 1.27. The lowest BCUT2D eigenvalue weighted by molar-refractivity contribution is 0.0663. The van der Waals surface area contributed by atoms with E-state index in [0.717, 1.165) is 0 Å². The molecule has 0 spiro atoms. The molecule has 2 aromatic rings. The van der Waals surface area contributed by atoms with Crippen LogP contribution in [0.15, 0.2) is 35.0 Å². The van der Waals surface area contributed by atoms with Crippen molar-refractivity contribution in [1.82, 2.24) is 9.78 Å². The molecule has 16 heavy (non-hydrogen) atoms. The normalized spacial score (nSPS) is 10.2. The number of aromatic carboxylic acids is 1. The van der Waals surface area contributed by atoms with Crippen LogP contribution in [0.4, 0.5) is 5.88 Å². The van der Waals surface area contributed by atoms with Crippen molar-refractivity contribution in [3.05, 3.63) is 36.4 Å². The van der Waals surface area contributed by atoms with Gasteiger partial charge < -0.3 is 14.8 Å². The van der Waals surface area contributed by atoms with Crippen LogP contribution in [-0.2, 0) is 6.54 Å². The average Bonchev–Trinajstić information content (AvgIpc) is 2.87. The van der Waals surface area contributed by atoms with Gasteiger partial charge in [-0.1, -0.05) is 0 Å². The van der Waals surface area contributed by atoms with Crippen molar-refractivity contribution in [2.24, 2.45) is 0 Å². The predicted molar refractivity (Wildman–Crippen MR) is 56.4 cm³/mol. The van der Waals surface area contributed by atoms with Gasteiger partial charge in [-0.2, -0.15) is 5.10 Å². The summed E-state index contributed by atoms with van der Waals surface area (Å²) in [6.45, 7) is 1.31. The summed E-state index contributed by atoms with van der Waals surface area (Å²) in [5.41, 5.74) is 0. The molecule has 0 aromatic carbocycles. The van der Waals surface area contributed by atoms with Gasteiger partial charge in [0.25, 0.3) is 0 Å². The van der Waals surface area contributed by atoms with E-state index < -0.39 is 5.97 Å². The molecule has 0 fully saturated rings. The zero-order valence-electron chi connectivity index (χ0n) is 8.46. The Morgan fingerprint density at radius 1 is 1.56 bits per heavy atom. The molecule has 2 N–H and O–H groups in total. The predicted octanol–water partition coefficient (Wildman–Crippen LogP) is 1.29. The second-order valence-corrected chi connectivity index (χ2v) is 3.16. The Balaban J connectivity index is 1.83. The zero-order valence-corrected chi connectivity index (χ0v) is 8.46. The number of carboxylic acid groups (broad SMARTS) is 1. The van der Waals surface area contributed by atoms with Crippen LogP contribution in [0.3, 0.4) is 0 Å². The Hall–Kier alpha value is -2.24. The molecular formula is C10H11N3O3. The van der Waals surface area contributed by atoms with E-state index in [2.05, 4.69) is 10.4 Å². The third-order valence-electron chi connectivity index (χ3n) is 2.02. The summed E-state index contributed by atoms with van der Waals surface area (Å²) in [4.78, 5) is 10.5. The highest BCUT2D eigenvalue weighted by Gasteiger charge is 2.07. The number of rotatable bonds is 5. The molecule has 0 bridgehead atoms. The van der Waals surface area contributed by atoms with Crippen LogP contribution in [0.1, 0.15) is 10.6 Å². The van der Waals surface area contributed by atoms with Gasteiger partial charge in [-0.3, -0.25) is 4.68 Å². The highest BCUT2D eigenvalue weighted by molar-refractivity contribution is 5.84. The van der Waals surface area contributed by atoms with Crippen LogP contribution in [0.5, 0.6) is 0 Å². The van der Waals surface area contributed by atoms with E-state index >= 15 is 0 Å². The smallest absolute Gasteiger partial charge is 0.371 e. The minimum Gasteiger partial charge on any atom is -0.475 e. The summed E-state index contributed by atoms with van der Waals surface area (Å²) in [6, 6.07) is 4.85. The minimum atomic E-state index is -1.07. The van der Waals surface area contributed by atoms with Crippen molar-refractivity contribution in [3.8, 4) is 0 Å². The highest BCUT2D eigenvalue weighted by atomic mass is 16.4. The SMILES string of the molecule is O=C(O)c1ccc(NCCn2cccn2)o1. The maximum Gasteiger partial charge on any atom is 0.371 e. The van der Waals surface area contributed by atoms with Gasteiger partial charge in [-0.25, -0.2) is 4.79 Å². The van der Waals surface area contributed by atoms with Gasteiger partial charge in [-0.15, -0.1) is 0 Å². The van der Waals surface area contributed by atoms with Gasteiger partial charge in [0, 0.05) is 25.0 Å².